The molecule has 0 aromatic heterocycles. The molecule has 2 aliphatic rings. The Morgan fingerprint density at radius 2 is 1.96 bits per heavy atom. The first kappa shape index (κ1) is 16.5. The lowest BCUT2D eigenvalue weighted by atomic mass is 9.99. The largest absolute Gasteiger partial charge is 0.497 e. The van der Waals surface area contributed by atoms with Crippen molar-refractivity contribution in [3.05, 3.63) is 42.0 Å². The van der Waals surface area contributed by atoms with Crippen molar-refractivity contribution in [2.24, 2.45) is 10.2 Å². The second kappa shape index (κ2) is 7.09. The van der Waals surface area contributed by atoms with Gasteiger partial charge >= 0.3 is 0 Å². The molecule has 26 heavy (non-hydrogen) atoms. The normalized spacial score (nSPS) is 17.1. The van der Waals surface area contributed by atoms with Crippen molar-refractivity contribution in [2.45, 2.75) is 0 Å². The van der Waals surface area contributed by atoms with E-state index < -0.39 is 0 Å². The molecule has 7 nitrogen and oxygen atoms in total. The van der Waals surface area contributed by atoms with Gasteiger partial charge in [-0.15, -0.1) is 5.10 Å². The third-order valence-corrected chi connectivity index (χ3v) is 4.74. The number of thioether (sulfide) groups is 1. The van der Waals surface area contributed by atoms with Gasteiger partial charge in [-0.1, -0.05) is 23.9 Å². The minimum Gasteiger partial charge on any atom is -0.497 e. The number of fused-ring (bicyclic) bond motifs is 1. The van der Waals surface area contributed by atoms with Gasteiger partial charge in [-0.05, 0) is 35.4 Å². The second-order valence-electron chi connectivity index (χ2n) is 5.51. The molecule has 2 aromatic carbocycles. The van der Waals surface area contributed by atoms with Crippen LogP contribution in [0.1, 0.15) is 5.56 Å². The minimum atomic E-state index is -0.0639. The first-order valence-electron chi connectivity index (χ1n) is 7.84. The molecular weight excluding hydrogens is 354 g/mol. The highest BCUT2D eigenvalue weighted by Gasteiger charge is 2.18. The Morgan fingerprint density at radius 3 is 2.65 bits per heavy atom. The summed E-state index contributed by atoms with van der Waals surface area (Å²) in [6.45, 7) is 0.197. The van der Waals surface area contributed by atoms with E-state index in [1.54, 1.807) is 13.3 Å². The van der Waals surface area contributed by atoms with Gasteiger partial charge in [-0.25, -0.2) is 0 Å². The highest BCUT2D eigenvalue weighted by molar-refractivity contribution is 8.15. The van der Waals surface area contributed by atoms with E-state index in [0.717, 1.165) is 22.4 Å². The number of nitrogens with zero attached hydrogens (tertiary/aromatic N) is 2. The molecule has 2 aromatic rings. The van der Waals surface area contributed by atoms with E-state index in [2.05, 4.69) is 15.5 Å². The number of carbonyl (C=O) groups excluding carboxylic acids is 1. The van der Waals surface area contributed by atoms with Gasteiger partial charge in [0.25, 0.3) is 0 Å². The highest BCUT2D eigenvalue weighted by Crippen LogP contribution is 2.38. The monoisotopic (exact) mass is 369 g/mol. The first-order chi connectivity index (χ1) is 12.7. The third-order valence-electron chi connectivity index (χ3n) is 3.88. The van der Waals surface area contributed by atoms with Crippen LogP contribution >= 0.6 is 11.8 Å². The molecule has 0 atom stereocenters. The summed E-state index contributed by atoms with van der Waals surface area (Å²) in [6, 6.07) is 11.5. The highest BCUT2D eigenvalue weighted by atomic mass is 32.2. The Balaban J connectivity index is 1.69. The number of benzene rings is 2. The Morgan fingerprint density at radius 1 is 1.19 bits per heavy atom. The number of hydrogen-bond acceptors (Lipinski definition) is 7. The van der Waals surface area contributed by atoms with Gasteiger partial charge in [0.05, 0.1) is 19.1 Å². The number of hydrogen-bond donors (Lipinski definition) is 1. The van der Waals surface area contributed by atoms with Gasteiger partial charge in [0.15, 0.2) is 16.7 Å². The fraction of sp³-hybridized carbons (Fsp3) is 0.167. The second-order valence-corrected chi connectivity index (χ2v) is 6.47. The van der Waals surface area contributed by atoms with Crippen LogP contribution in [0.4, 0.5) is 0 Å². The number of nitrogens with one attached hydrogen (secondary N) is 1. The zero-order valence-corrected chi connectivity index (χ0v) is 14.7. The average molecular weight is 369 g/mol. The van der Waals surface area contributed by atoms with Crippen molar-refractivity contribution in [3.8, 4) is 28.4 Å². The van der Waals surface area contributed by atoms with Crippen LogP contribution in [0.3, 0.4) is 0 Å². The zero-order valence-electron chi connectivity index (χ0n) is 13.9. The molecule has 1 fully saturated rings. The molecule has 1 amide bonds. The lowest BCUT2D eigenvalue weighted by molar-refractivity contribution is -0.116. The van der Waals surface area contributed by atoms with Crippen molar-refractivity contribution in [3.63, 3.8) is 0 Å². The SMILES string of the molecule is COc1ccc(-c2cc3c(cc2C=NN=C2NC(=O)CS2)OCO3)cc1. The van der Waals surface area contributed by atoms with E-state index >= 15 is 0 Å². The number of amides is 1. The summed E-state index contributed by atoms with van der Waals surface area (Å²) < 4.78 is 16.2. The van der Waals surface area contributed by atoms with Crippen molar-refractivity contribution >= 4 is 29.1 Å². The molecule has 0 saturated carbocycles. The number of methoxy groups -OCH3 is 1. The predicted octanol–water partition coefficient (Wildman–Crippen LogP) is 2.64. The number of amidine groups is 1. The van der Waals surface area contributed by atoms with Gasteiger partial charge in [0, 0.05) is 5.56 Å². The summed E-state index contributed by atoms with van der Waals surface area (Å²) in [5, 5.41) is 11.3. The van der Waals surface area contributed by atoms with Crippen molar-refractivity contribution in [2.75, 3.05) is 19.7 Å². The summed E-state index contributed by atoms with van der Waals surface area (Å²) in [6.07, 6.45) is 1.64. The number of carbonyl (C=O) groups is 1. The van der Waals surface area contributed by atoms with Gasteiger partial charge in [0.2, 0.25) is 12.7 Å². The molecule has 2 aliphatic heterocycles. The molecule has 8 heteroatoms. The molecule has 0 unspecified atom stereocenters. The molecule has 4 rings (SSSR count). The van der Waals surface area contributed by atoms with Crippen LogP contribution in [-0.2, 0) is 4.79 Å². The van der Waals surface area contributed by atoms with Crippen LogP contribution in [0.15, 0.2) is 46.6 Å². The quantitative estimate of drug-likeness (QED) is 0.662. The third kappa shape index (κ3) is 3.36. The molecule has 1 N–H and O–H groups in total. The van der Waals surface area contributed by atoms with Crippen LogP contribution < -0.4 is 19.5 Å². The van der Waals surface area contributed by atoms with E-state index in [9.17, 15) is 4.79 Å². The van der Waals surface area contributed by atoms with Crippen LogP contribution in [0, 0.1) is 0 Å². The van der Waals surface area contributed by atoms with Crippen molar-refractivity contribution in [1.29, 1.82) is 0 Å². The molecule has 2 heterocycles. The summed E-state index contributed by atoms with van der Waals surface area (Å²) in [4.78, 5) is 11.2. The summed E-state index contributed by atoms with van der Waals surface area (Å²) >= 11 is 1.33. The lowest BCUT2D eigenvalue weighted by Gasteiger charge is -2.09. The standard InChI is InChI=1S/C18H15N3O4S/c1-23-13-4-2-11(3-5-13)14-7-16-15(24-10-25-16)6-12(14)8-19-21-18-20-17(22)9-26-18/h2-8H,9-10H2,1H3,(H,20,21,22). The molecule has 0 bridgehead atoms. The average Bonchev–Trinajstić information content (AvgIpc) is 3.29. The Labute approximate surface area is 154 Å². The predicted molar refractivity (Wildman–Crippen MR) is 100 cm³/mol. The van der Waals surface area contributed by atoms with Crippen molar-refractivity contribution < 1.29 is 19.0 Å². The van der Waals surface area contributed by atoms with Gasteiger partial charge in [-0.3, -0.25) is 4.79 Å². The summed E-state index contributed by atoms with van der Waals surface area (Å²) in [5.74, 6) is 2.45. The number of rotatable bonds is 4. The fourth-order valence-electron chi connectivity index (χ4n) is 2.61. The van der Waals surface area contributed by atoms with E-state index in [1.807, 2.05) is 36.4 Å². The fourth-order valence-corrected chi connectivity index (χ4v) is 3.24. The first-order valence-corrected chi connectivity index (χ1v) is 8.83. The maximum absolute atomic E-state index is 11.2. The lowest BCUT2D eigenvalue weighted by Crippen LogP contribution is -2.19. The van der Waals surface area contributed by atoms with E-state index in [1.165, 1.54) is 11.8 Å². The van der Waals surface area contributed by atoms with Crippen LogP contribution in [-0.4, -0.2) is 36.9 Å². The van der Waals surface area contributed by atoms with Crippen molar-refractivity contribution in [1.82, 2.24) is 5.32 Å². The Hall–Kier alpha value is -3.00. The van der Waals surface area contributed by atoms with E-state index in [-0.39, 0.29) is 12.7 Å². The number of ether oxygens (including phenoxy) is 3. The minimum absolute atomic E-state index is 0.0639. The molecule has 0 aliphatic carbocycles. The molecule has 0 spiro atoms. The molecule has 132 valence electrons. The summed E-state index contributed by atoms with van der Waals surface area (Å²) in [5.41, 5.74) is 2.75. The van der Waals surface area contributed by atoms with Crippen LogP contribution in [0.5, 0.6) is 17.2 Å². The maximum Gasteiger partial charge on any atom is 0.236 e. The smallest absolute Gasteiger partial charge is 0.236 e. The van der Waals surface area contributed by atoms with Gasteiger partial charge in [0.1, 0.15) is 5.75 Å². The Kier molecular flexibility index (Phi) is 4.49. The van der Waals surface area contributed by atoms with Gasteiger partial charge < -0.3 is 19.5 Å². The van der Waals surface area contributed by atoms with Gasteiger partial charge in [-0.2, -0.15) is 5.10 Å². The maximum atomic E-state index is 11.2. The summed E-state index contributed by atoms with van der Waals surface area (Å²) in [7, 11) is 1.63. The molecule has 0 radical (unpaired) electrons. The van der Waals surface area contributed by atoms with E-state index in [4.69, 9.17) is 14.2 Å². The zero-order chi connectivity index (χ0) is 17.9. The van der Waals surface area contributed by atoms with E-state index in [0.29, 0.717) is 22.4 Å². The molecular formula is C18H15N3O4S. The molecule has 1 saturated heterocycles. The van der Waals surface area contributed by atoms with Crippen LogP contribution in [0.2, 0.25) is 0 Å². The Bertz CT molecular complexity index is 909. The van der Waals surface area contributed by atoms with Crippen LogP contribution in [0.25, 0.3) is 11.1 Å². The topological polar surface area (TPSA) is 81.5 Å².